The number of halogens is 5. The highest BCUT2D eigenvalue weighted by molar-refractivity contribution is 6.36. The number of carbonyl (C=O) groups is 1. The number of carboxylic acid groups (broad SMARTS) is 1. The highest BCUT2D eigenvalue weighted by Crippen LogP contribution is 2.31. The van der Waals surface area contributed by atoms with E-state index in [2.05, 4.69) is 4.74 Å². The molecule has 0 aliphatic heterocycles. The maximum absolute atomic E-state index is 12.6. The lowest BCUT2D eigenvalue weighted by atomic mass is 9.99. The van der Waals surface area contributed by atoms with Crippen LogP contribution in [0.15, 0.2) is 97.2 Å². The maximum Gasteiger partial charge on any atom is 0.573 e. The molecule has 0 saturated heterocycles. The van der Waals surface area contributed by atoms with Crippen LogP contribution in [-0.4, -0.2) is 27.0 Å². The van der Waals surface area contributed by atoms with Gasteiger partial charge in [0.15, 0.2) is 0 Å². The van der Waals surface area contributed by atoms with Gasteiger partial charge in [-0.05, 0) is 64.7 Å². The van der Waals surface area contributed by atoms with Gasteiger partial charge in [0.05, 0.1) is 16.3 Å². The molecule has 0 fully saturated rings. The summed E-state index contributed by atoms with van der Waals surface area (Å²) in [4.78, 5) is 16.8. The number of aromatic carboxylic acids is 1. The maximum atomic E-state index is 12.6. The van der Waals surface area contributed by atoms with Gasteiger partial charge in [0.25, 0.3) is 0 Å². The van der Waals surface area contributed by atoms with Gasteiger partial charge in [0.1, 0.15) is 11.6 Å². The minimum atomic E-state index is -4.79. The van der Waals surface area contributed by atoms with E-state index in [0.29, 0.717) is 38.3 Å². The number of benzene rings is 4. The molecular weight excluding hydrogens is 588 g/mol. The summed E-state index contributed by atoms with van der Waals surface area (Å²) in [7, 11) is 0. The topological polar surface area (TPSA) is 64.3 Å². The number of hydrogen-bond donors (Lipinski definition) is 1. The molecule has 5 nitrogen and oxygen atoms in total. The summed E-state index contributed by atoms with van der Waals surface area (Å²) in [6.45, 7) is 0.253. The second-order valence-electron chi connectivity index (χ2n) is 9.23. The van der Waals surface area contributed by atoms with Crippen LogP contribution in [0.4, 0.5) is 13.2 Å². The van der Waals surface area contributed by atoms with Gasteiger partial charge in [-0.15, -0.1) is 13.2 Å². The molecule has 0 radical (unpaired) electrons. The highest BCUT2D eigenvalue weighted by Gasteiger charge is 2.31. The molecule has 5 rings (SSSR count). The zero-order valence-corrected chi connectivity index (χ0v) is 23.2. The van der Waals surface area contributed by atoms with Crippen LogP contribution in [0.2, 0.25) is 10.0 Å². The predicted octanol–water partition coefficient (Wildman–Crippen LogP) is 9.34. The van der Waals surface area contributed by atoms with E-state index >= 15 is 0 Å². The summed E-state index contributed by atoms with van der Waals surface area (Å²) in [6, 6.07) is 25.2. The zero-order chi connectivity index (χ0) is 29.9. The lowest BCUT2D eigenvalue weighted by Crippen LogP contribution is -2.17. The Labute approximate surface area is 249 Å². The summed E-state index contributed by atoms with van der Waals surface area (Å²) < 4.78 is 43.5. The molecule has 0 saturated carbocycles. The van der Waals surface area contributed by atoms with Crippen LogP contribution >= 0.6 is 23.2 Å². The fourth-order valence-corrected chi connectivity index (χ4v) is 4.88. The molecule has 42 heavy (non-hydrogen) atoms. The summed E-state index contributed by atoms with van der Waals surface area (Å²) in [5.74, 6) is -0.938. The van der Waals surface area contributed by atoms with Crippen LogP contribution in [0, 0.1) is 0 Å². The van der Waals surface area contributed by atoms with E-state index in [9.17, 15) is 23.1 Å². The van der Waals surface area contributed by atoms with Gasteiger partial charge < -0.3 is 14.4 Å². The zero-order valence-electron chi connectivity index (χ0n) is 21.6. The first-order valence-electron chi connectivity index (χ1n) is 12.5. The third-order valence-corrected chi connectivity index (χ3v) is 6.87. The van der Waals surface area contributed by atoms with Crippen LogP contribution in [0.1, 0.15) is 27.3 Å². The molecule has 0 aliphatic carbocycles. The standard InChI is InChI=1S/C32H21Cl2F3N2O3/c33-24-11-14-26(28(34)17-24)29-19-39(18-20-6-12-25(13-7-20)42-32(35,36)37)30(38-29)15-10-22-8-9-23(16-27(22)31(40)41)21-4-2-1-3-5-21/h1-17,19H,18H2,(H,40,41)/b15-10+. The van der Waals surface area contributed by atoms with Gasteiger partial charge >= 0.3 is 12.3 Å². The lowest BCUT2D eigenvalue weighted by molar-refractivity contribution is -0.274. The number of aromatic nitrogens is 2. The number of carboxylic acids is 1. The van der Waals surface area contributed by atoms with Crippen molar-refractivity contribution in [3.63, 3.8) is 0 Å². The Morgan fingerprint density at radius 1 is 0.905 bits per heavy atom. The van der Waals surface area contributed by atoms with E-state index in [1.165, 1.54) is 24.3 Å². The molecule has 0 amide bonds. The van der Waals surface area contributed by atoms with E-state index < -0.39 is 12.3 Å². The van der Waals surface area contributed by atoms with E-state index in [1.54, 1.807) is 53.2 Å². The van der Waals surface area contributed by atoms with E-state index in [0.717, 1.165) is 11.1 Å². The summed E-state index contributed by atoms with van der Waals surface area (Å²) in [6.07, 6.45) is 0.305. The molecule has 5 aromatic rings. The lowest BCUT2D eigenvalue weighted by Gasteiger charge is -2.10. The van der Waals surface area contributed by atoms with Crippen LogP contribution in [0.3, 0.4) is 0 Å². The molecule has 0 aliphatic rings. The van der Waals surface area contributed by atoms with Crippen molar-refractivity contribution in [3.8, 4) is 28.1 Å². The number of rotatable bonds is 8. The van der Waals surface area contributed by atoms with Gasteiger partial charge in [-0.1, -0.05) is 83.9 Å². The first-order chi connectivity index (χ1) is 20.1. The fourth-order valence-electron chi connectivity index (χ4n) is 4.37. The van der Waals surface area contributed by atoms with E-state index in [4.69, 9.17) is 28.2 Å². The monoisotopic (exact) mass is 608 g/mol. The van der Waals surface area contributed by atoms with E-state index in [1.807, 2.05) is 36.4 Å². The highest BCUT2D eigenvalue weighted by atomic mass is 35.5. The Hall–Kier alpha value is -4.53. The Balaban J connectivity index is 1.51. The van der Waals surface area contributed by atoms with Crippen LogP contribution < -0.4 is 4.74 Å². The third-order valence-electron chi connectivity index (χ3n) is 6.33. The molecule has 10 heteroatoms. The Kier molecular flexibility index (Phi) is 8.38. The van der Waals surface area contributed by atoms with Crippen LogP contribution in [0.25, 0.3) is 34.5 Å². The normalized spacial score (nSPS) is 11.6. The van der Waals surface area contributed by atoms with Gasteiger partial charge in [0.2, 0.25) is 0 Å². The second-order valence-corrected chi connectivity index (χ2v) is 10.1. The Morgan fingerprint density at radius 3 is 2.31 bits per heavy atom. The van der Waals surface area contributed by atoms with E-state index in [-0.39, 0.29) is 17.9 Å². The quantitative estimate of drug-likeness (QED) is 0.191. The fraction of sp³-hybridized carbons (Fsp3) is 0.0625. The molecule has 0 bridgehead atoms. The van der Waals surface area contributed by atoms with Crippen molar-refractivity contribution in [2.75, 3.05) is 0 Å². The van der Waals surface area contributed by atoms with Gasteiger partial charge in [-0.3, -0.25) is 0 Å². The van der Waals surface area contributed by atoms with Gasteiger partial charge in [-0.25, -0.2) is 9.78 Å². The second kappa shape index (κ2) is 12.1. The molecule has 1 aromatic heterocycles. The molecule has 1 heterocycles. The van der Waals surface area contributed by atoms with Crippen molar-refractivity contribution in [2.24, 2.45) is 0 Å². The van der Waals surface area contributed by atoms with Crippen molar-refractivity contribution in [2.45, 2.75) is 12.9 Å². The van der Waals surface area contributed by atoms with Crippen molar-refractivity contribution in [1.82, 2.24) is 9.55 Å². The summed E-state index contributed by atoms with van der Waals surface area (Å²) in [5.41, 5.74) is 4.09. The third kappa shape index (κ3) is 7.02. The van der Waals surface area contributed by atoms with Crippen molar-refractivity contribution >= 4 is 41.3 Å². The smallest absolute Gasteiger partial charge is 0.478 e. The van der Waals surface area contributed by atoms with Gasteiger partial charge in [-0.2, -0.15) is 0 Å². The summed E-state index contributed by atoms with van der Waals surface area (Å²) in [5, 5.41) is 10.8. The number of ether oxygens (including phenoxy) is 1. The Bertz CT molecular complexity index is 1770. The molecule has 212 valence electrons. The molecule has 4 aromatic carbocycles. The molecule has 0 atom stereocenters. The minimum Gasteiger partial charge on any atom is -0.478 e. The van der Waals surface area contributed by atoms with Crippen LogP contribution in [0.5, 0.6) is 5.75 Å². The number of hydrogen-bond acceptors (Lipinski definition) is 3. The average Bonchev–Trinajstić information content (AvgIpc) is 3.34. The average molecular weight is 609 g/mol. The predicted molar refractivity (Wildman–Crippen MR) is 158 cm³/mol. The molecule has 0 unspecified atom stereocenters. The number of alkyl halides is 3. The number of nitrogens with zero attached hydrogens (tertiary/aromatic N) is 2. The SMILES string of the molecule is O=C(O)c1cc(-c2ccccc2)ccc1/C=C/c1nc(-c2ccc(Cl)cc2Cl)cn1Cc1ccc(OC(F)(F)F)cc1. The van der Waals surface area contributed by atoms with Crippen molar-refractivity contribution in [1.29, 1.82) is 0 Å². The molecular formula is C32H21Cl2F3N2O3. The molecule has 0 spiro atoms. The largest absolute Gasteiger partial charge is 0.573 e. The van der Waals surface area contributed by atoms with Crippen LogP contribution in [-0.2, 0) is 6.54 Å². The van der Waals surface area contributed by atoms with Crippen molar-refractivity contribution in [3.05, 3.63) is 130 Å². The minimum absolute atomic E-state index is 0.118. The first kappa shape index (κ1) is 29.0. The van der Waals surface area contributed by atoms with Crippen molar-refractivity contribution < 1.29 is 27.8 Å². The molecule has 1 N–H and O–H groups in total. The number of imidazole rings is 1. The summed E-state index contributed by atoms with van der Waals surface area (Å²) >= 11 is 12.5. The Morgan fingerprint density at radius 2 is 1.64 bits per heavy atom. The first-order valence-corrected chi connectivity index (χ1v) is 13.3. The van der Waals surface area contributed by atoms with Gasteiger partial charge in [0, 0.05) is 23.3 Å².